The number of aromatic nitrogens is 2. The number of ether oxygens (including phenoxy) is 2. The van der Waals surface area contributed by atoms with Gasteiger partial charge in [-0.15, -0.1) is 11.3 Å². The summed E-state index contributed by atoms with van der Waals surface area (Å²) < 4.78 is 10.8. The molecule has 0 aliphatic rings. The molecule has 0 bridgehead atoms. The number of halogens is 1. The number of methoxy groups -OCH3 is 2. The minimum absolute atomic E-state index is 0.0938. The van der Waals surface area contributed by atoms with Crippen molar-refractivity contribution in [1.82, 2.24) is 9.78 Å². The molecule has 2 aromatic rings. The number of nitrogens with one attached hydrogen (secondary N) is 1. The van der Waals surface area contributed by atoms with Crippen LogP contribution in [0.3, 0.4) is 0 Å². The van der Waals surface area contributed by atoms with E-state index in [9.17, 15) is 14.4 Å². The molecule has 0 aliphatic heterocycles. The van der Waals surface area contributed by atoms with Crippen molar-refractivity contribution in [3.05, 3.63) is 32.4 Å². The molecule has 8 nitrogen and oxygen atoms in total. The Kier molecular flexibility index (Phi) is 5.48. The number of hydrogen-bond acceptors (Lipinski definition) is 7. The molecule has 0 saturated heterocycles. The van der Waals surface area contributed by atoms with Crippen LogP contribution in [0, 0.1) is 13.8 Å². The van der Waals surface area contributed by atoms with Gasteiger partial charge < -0.3 is 14.8 Å². The first-order valence-corrected chi connectivity index (χ1v) is 8.22. The SMILES string of the molecule is COC(=O)c1sc(NC(=O)c2c(Cl)c(C)nn2C)c(C(=O)OC)c1C. The normalized spacial score (nSPS) is 10.5. The Hall–Kier alpha value is -2.39. The average molecular weight is 386 g/mol. The molecule has 0 aliphatic carbocycles. The summed E-state index contributed by atoms with van der Waals surface area (Å²) in [6, 6.07) is 0. The summed E-state index contributed by atoms with van der Waals surface area (Å²) in [5, 5.41) is 7.06. The maximum atomic E-state index is 12.6. The monoisotopic (exact) mass is 385 g/mol. The van der Waals surface area contributed by atoms with Gasteiger partial charge in [0.2, 0.25) is 0 Å². The van der Waals surface area contributed by atoms with Crippen LogP contribution < -0.4 is 5.32 Å². The van der Waals surface area contributed by atoms with Crippen molar-refractivity contribution in [1.29, 1.82) is 0 Å². The Morgan fingerprint density at radius 2 is 1.76 bits per heavy atom. The highest BCUT2D eigenvalue weighted by Crippen LogP contribution is 2.35. The number of amides is 1. The molecule has 25 heavy (non-hydrogen) atoms. The predicted octanol–water partition coefficient (Wildman–Crippen LogP) is 2.58. The van der Waals surface area contributed by atoms with Crippen molar-refractivity contribution >= 4 is 45.8 Å². The fourth-order valence-electron chi connectivity index (χ4n) is 2.28. The minimum Gasteiger partial charge on any atom is -0.465 e. The van der Waals surface area contributed by atoms with E-state index in [1.165, 1.54) is 18.9 Å². The van der Waals surface area contributed by atoms with Crippen molar-refractivity contribution in [2.45, 2.75) is 13.8 Å². The highest BCUT2D eigenvalue weighted by molar-refractivity contribution is 7.18. The van der Waals surface area contributed by atoms with Crippen LogP contribution in [0.1, 0.15) is 41.8 Å². The molecule has 0 atom stereocenters. The number of hydrogen-bond donors (Lipinski definition) is 1. The maximum absolute atomic E-state index is 12.6. The zero-order chi connectivity index (χ0) is 18.9. The molecule has 0 spiro atoms. The quantitative estimate of drug-likeness (QED) is 0.812. The van der Waals surface area contributed by atoms with Gasteiger partial charge in [-0.05, 0) is 19.4 Å². The molecule has 0 aromatic carbocycles. The van der Waals surface area contributed by atoms with E-state index < -0.39 is 17.8 Å². The van der Waals surface area contributed by atoms with Crippen LogP contribution in [0.25, 0.3) is 0 Å². The van der Waals surface area contributed by atoms with Crippen LogP contribution in [0.4, 0.5) is 5.00 Å². The van der Waals surface area contributed by atoms with Gasteiger partial charge in [0, 0.05) is 7.05 Å². The predicted molar refractivity (Wildman–Crippen MR) is 92.6 cm³/mol. The Balaban J connectivity index is 2.49. The highest BCUT2D eigenvalue weighted by atomic mass is 35.5. The molecular weight excluding hydrogens is 370 g/mol. The summed E-state index contributed by atoms with van der Waals surface area (Å²) in [7, 11) is 4.02. The van der Waals surface area contributed by atoms with E-state index in [4.69, 9.17) is 21.1 Å². The van der Waals surface area contributed by atoms with Gasteiger partial charge in [0.25, 0.3) is 5.91 Å². The van der Waals surface area contributed by atoms with Gasteiger partial charge in [-0.1, -0.05) is 11.6 Å². The second-order valence-corrected chi connectivity index (χ2v) is 6.47. The van der Waals surface area contributed by atoms with E-state index in [1.54, 1.807) is 20.9 Å². The molecule has 10 heteroatoms. The number of carbonyl (C=O) groups is 3. The lowest BCUT2D eigenvalue weighted by molar-refractivity contribution is 0.0601. The molecule has 1 N–H and O–H groups in total. The third-order valence-corrected chi connectivity index (χ3v) is 5.14. The molecular formula is C15H16ClN3O5S. The van der Waals surface area contributed by atoms with Crippen molar-refractivity contribution in [3.8, 4) is 0 Å². The molecule has 0 unspecified atom stereocenters. The van der Waals surface area contributed by atoms with Crippen molar-refractivity contribution < 1.29 is 23.9 Å². The highest BCUT2D eigenvalue weighted by Gasteiger charge is 2.28. The summed E-state index contributed by atoms with van der Waals surface area (Å²) in [6.45, 7) is 3.25. The van der Waals surface area contributed by atoms with Crippen molar-refractivity contribution in [2.24, 2.45) is 7.05 Å². The summed E-state index contributed by atoms with van der Waals surface area (Å²) in [5.74, 6) is -1.84. The van der Waals surface area contributed by atoms with Crippen LogP contribution >= 0.6 is 22.9 Å². The van der Waals surface area contributed by atoms with E-state index in [0.29, 0.717) is 11.3 Å². The summed E-state index contributed by atoms with van der Waals surface area (Å²) in [6.07, 6.45) is 0. The van der Waals surface area contributed by atoms with E-state index in [1.807, 2.05) is 0 Å². The number of rotatable bonds is 4. The number of aryl methyl sites for hydroxylation is 2. The Morgan fingerprint density at radius 1 is 1.16 bits per heavy atom. The fraction of sp³-hybridized carbons (Fsp3) is 0.333. The lowest BCUT2D eigenvalue weighted by atomic mass is 10.1. The lowest BCUT2D eigenvalue weighted by Crippen LogP contribution is -2.18. The number of thiophene rings is 1. The maximum Gasteiger partial charge on any atom is 0.348 e. The molecule has 134 valence electrons. The number of anilines is 1. The number of nitrogens with zero attached hydrogens (tertiary/aromatic N) is 2. The van der Waals surface area contributed by atoms with Crippen molar-refractivity contribution in [3.63, 3.8) is 0 Å². The zero-order valence-corrected chi connectivity index (χ0v) is 15.8. The zero-order valence-electron chi connectivity index (χ0n) is 14.2. The molecule has 2 heterocycles. The van der Waals surface area contributed by atoms with Gasteiger partial charge in [0.05, 0.1) is 30.5 Å². The molecule has 2 aromatic heterocycles. The van der Waals surface area contributed by atoms with Gasteiger partial charge in [-0.2, -0.15) is 5.10 Å². The standard InChI is InChI=1S/C15H16ClN3O5S/c1-6-8(14(21)23-4)13(25-11(6)15(22)24-5)17-12(20)10-9(16)7(2)18-19(10)3/h1-5H3,(H,17,20). The van der Waals surface area contributed by atoms with Crippen molar-refractivity contribution in [2.75, 3.05) is 19.5 Å². The fourth-order valence-corrected chi connectivity index (χ4v) is 3.63. The van der Waals surface area contributed by atoms with E-state index >= 15 is 0 Å². The average Bonchev–Trinajstić information content (AvgIpc) is 3.02. The number of esters is 2. The van der Waals surface area contributed by atoms with Gasteiger partial charge in [0.15, 0.2) is 0 Å². The van der Waals surface area contributed by atoms with E-state index in [-0.39, 0.29) is 26.2 Å². The second kappa shape index (κ2) is 7.24. The van der Waals surface area contributed by atoms with Gasteiger partial charge in [-0.25, -0.2) is 9.59 Å². The van der Waals surface area contributed by atoms with Crippen LogP contribution in [-0.4, -0.2) is 41.8 Å². The molecule has 0 radical (unpaired) electrons. The van der Waals surface area contributed by atoms with Crippen LogP contribution in [0.15, 0.2) is 0 Å². The van der Waals surface area contributed by atoms with E-state index in [2.05, 4.69) is 10.4 Å². The smallest absolute Gasteiger partial charge is 0.348 e. The second-order valence-electron chi connectivity index (χ2n) is 5.07. The molecule has 1 amide bonds. The van der Waals surface area contributed by atoms with Gasteiger partial charge in [-0.3, -0.25) is 9.48 Å². The third-order valence-electron chi connectivity index (χ3n) is 3.50. The summed E-state index contributed by atoms with van der Waals surface area (Å²) in [4.78, 5) is 36.7. The first-order chi connectivity index (χ1) is 11.7. The largest absolute Gasteiger partial charge is 0.465 e. The Bertz CT molecular complexity index is 871. The Labute approximate surface area is 152 Å². The summed E-state index contributed by atoms with van der Waals surface area (Å²) in [5.41, 5.74) is 1.10. The molecule has 0 fully saturated rings. The van der Waals surface area contributed by atoms with Crippen LogP contribution in [0.2, 0.25) is 5.02 Å². The summed E-state index contributed by atoms with van der Waals surface area (Å²) >= 11 is 7.03. The Morgan fingerprint density at radius 3 is 2.24 bits per heavy atom. The first kappa shape index (κ1) is 18.9. The third kappa shape index (κ3) is 3.38. The number of carbonyl (C=O) groups excluding carboxylic acids is 3. The van der Waals surface area contributed by atoms with Crippen LogP contribution in [-0.2, 0) is 16.5 Å². The first-order valence-electron chi connectivity index (χ1n) is 7.03. The lowest BCUT2D eigenvalue weighted by Gasteiger charge is -2.06. The van der Waals surface area contributed by atoms with Crippen LogP contribution in [0.5, 0.6) is 0 Å². The topological polar surface area (TPSA) is 99.5 Å². The molecule has 2 rings (SSSR count). The van der Waals surface area contributed by atoms with Gasteiger partial charge in [0.1, 0.15) is 15.6 Å². The van der Waals surface area contributed by atoms with E-state index in [0.717, 1.165) is 11.3 Å². The minimum atomic E-state index is -0.675. The molecule has 0 saturated carbocycles. The van der Waals surface area contributed by atoms with Gasteiger partial charge >= 0.3 is 11.9 Å².